The Morgan fingerprint density at radius 2 is 1.57 bits per heavy atom. The summed E-state index contributed by atoms with van der Waals surface area (Å²) in [6.45, 7) is 4.18. The Balaban J connectivity index is 1.52. The van der Waals surface area contributed by atoms with E-state index in [4.69, 9.17) is 0 Å². The lowest BCUT2D eigenvalue weighted by atomic mass is 9.88. The molecule has 2 unspecified atom stereocenters. The summed E-state index contributed by atoms with van der Waals surface area (Å²) in [6.07, 6.45) is 0.653. The third-order valence-electron chi connectivity index (χ3n) is 6.36. The Labute approximate surface area is 221 Å². The van der Waals surface area contributed by atoms with Gasteiger partial charge in [-0.15, -0.1) is 11.3 Å². The molecule has 0 fully saturated rings. The van der Waals surface area contributed by atoms with E-state index in [1.165, 1.54) is 16.9 Å². The summed E-state index contributed by atoms with van der Waals surface area (Å²) in [7, 11) is 0. The van der Waals surface area contributed by atoms with Gasteiger partial charge in [0.2, 0.25) is 0 Å². The van der Waals surface area contributed by atoms with Gasteiger partial charge < -0.3 is 10.0 Å². The molecule has 0 aliphatic carbocycles. The summed E-state index contributed by atoms with van der Waals surface area (Å²) in [6, 6.07) is 28.1. The number of anilines is 1. The maximum Gasteiger partial charge on any atom is 0.323 e. The number of benzene rings is 3. The summed E-state index contributed by atoms with van der Waals surface area (Å²) >= 11 is 1.35. The lowest BCUT2D eigenvalue weighted by Gasteiger charge is -2.27. The van der Waals surface area contributed by atoms with Gasteiger partial charge >= 0.3 is 12.0 Å². The predicted octanol–water partition coefficient (Wildman–Crippen LogP) is 6.90. The van der Waals surface area contributed by atoms with Gasteiger partial charge in [0, 0.05) is 30.0 Å². The maximum atomic E-state index is 13.3. The second kappa shape index (κ2) is 12.3. The summed E-state index contributed by atoms with van der Waals surface area (Å²) in [4.78, 5) is 31.1. The van der Waals surface area contributed by atoms with Crippen LogP contribution in [-0.4, -0.2) is 40.1 Å². The van der Waals surface area contributed by atoms with Crippen molar-refractivity contribution in [3.05, 3.63) is 107 Å². The minimum Gasteiger partial charge on any atom is -0.481 e. The van der Waals surface area contributed by atoms with E-state index in [-0.39, 0.29) is 18.5 Å². The fraction of sp³-hybridized carbons (Fsp3) is 0.233. The Morgan fingerprint density at radius 3 is 2.22 bits per heavy atom. The van der Waals surface area contributed by atoms with Crippen LogP contribution in [-0.2, 0) is 4.79 Å². The molecule has 1 aromatic heterocycles. The van der Waals surface area contributed by atoms with Crippen LogP contribution in [0.3, 0.4) is 0 Å². The average Bonchev–Trinajstić information content (AvgIpc) is 3.38. The van der Waals surface area contributed by atoms with E-state index in [9.17, 15) is 14.7 Å². The highest BCUT2D eigenvalue weighted by atomic mass is 32.1. The summed E-state index contributed by atoms with van der Waals surface area (Å²) < 4.78 is 0. The van der Waals surface area contributed by atoms with Crippen LogP contribution in [0.1, 0.15) is 36.0 Å². The van der Waals surface area contributed by atoms with Crippen molar-refractivity contribution in [2.45, 2.75) is 26.2 Å². The third-order valence-corrected chi connectivity index (χ3v) is 7.12. The van der Waals surface area contributed by atoms with E-state index in [0.29, 0.717) is 18.1 Å². The molecule has 190 valence electrons. The van der Waals surface area contributed by atoms with Crippen LogP contribution in [0.15, 0.2) is 90.3 Å². The molecule has 2 amide bonds. The largest absolute Gasteiger partial charge is 0.481 e. The standard InChI is InChI=1S/C30H31N3O3S/c1-21-13-15-24(16-14-21)26(23-9-5-3-6-10-23)17-18-33(19-22(2)28(34)35)30(36)32-29-31-27(20-37-29)25-11-7-4-8-12-25/h3-16,20,22,26H,17-19H2,1-2H3,(H,34,35)(H,31,32,36). The first-order valence-electron chi connectivity index (χ1n) is 12.3. The molecule has 0 radical (unpaired) electrons. The minimum atomic E-state index is -0.934. The number of aliphatic carboxylic acids is 1. The first-order chi connectivity index (χ1) is 17.9. The smallest absolute Gasteiger partial charge is 0.323 e. The molecule has 0 spiro atoms. The molecule has 2 atom stereocenters. The van der Waals surface area contributed by atoms with Gasteiger partial charge in [0.15, 0.2) is 5.13 Å². The number of carbonyl (C=O) groups excluding carboxylic acids is 1. The average molecular weight is 514 g/mol. The number of urea groups is 1. The number of aromatic nitrogens is 1. The van der Waals surface area contributed by atoms with E-state index in [2.05, 4.69) is 53.6 Å². The summed E-state index contributed by atoms with van der Waals surface area (Å²) in [5, 5.41) is 14.8. The van der Waals surface area contributed by atoms with Gasteiger partial charge in [-0.2, -0.15) is 0 Å². The molecule has 1 heterocycles. The number of rotatable bonds is 10. The van der Waals surface area contributed by atoms with E-state index in [1.54, 1.807) is 11.8 Å². The van der Waals surface area contributed by atoms with Gasteiger partial charge in [0.1, 0.15) is 0 Å². The fourth-order valence-electron chi connectivity index (χ4n) is 4.22. The van der Waals surface area contributed by atoms with Crippen LogP contribution in [0.2, 0.25) is 0 Å². The van der Waals surface area contributed by atoms with Crippen LogP contribution in [0, 0.1) is 12.8 Å². The van der Waals surface area contributed by atoms with Gasteiger partial charge in [0.05, 0.1) is 11.6 Å². The van der Waals surface area contributed by atoms with E-state index >= 15 is 0 Å². The second-order valence-corrected chi connectivity index (χ2v) is 10.0. The summed E-state index contributed by atoms with van der Waals surface area (Å²) in [5.74, 6) is -1.56. The highest BCUT2D eigenvalue weighted by molar-refractivity contribution is 7.14. The molecule has 0 saturated carbocycles. The molecule has 0 aliphatic heterocycles. The molecule has 2 N–H and O–H groups in total. The van der Waals surface area contributed by atoms with E-state index < -0.39 is 11.9 Å². The van der Waals surface area contributed by atoms with E-state index in [1.807, 2.05) is 53.9 Å². The molecule has 0 aliphatic rings. The maximum absolute atomic E-state index is 13.3. The quantitative estimate of drug-likeness (QED) is 0.242. The molecule has 4 rings (SSSR count). The number of carboxylic acids is 1. The zero-order chi connectivity index (χ0) is 26.2. The highest BCUT2D eigenvalue weighted by Gasteiger charge is 2.24. The normalized spacial score (nSPS) is 12.5. The Hall–Kier alpha value is -3.97. The molecule has 4 aromatic rings. The molecule has 7 heteroatoms. The lowest BCUT2D eigenvalue weighted by molar-refractivity contribution is -0.141. The zero-order valence-corrected chi connectivity index (χ0v) is 21.8. The van der Waals surface area contributed by atoms with Crippen molar-refractivity contribution in [1.82, 2.24) is 9.88 Å². The van der Waals surface area contributed by atoms with Gasteiger partial charge in [-0.1, -0.05) is 97.4 Å². The molecular weight excluding hydrogens is 482 g/mol. The topological polar surface area (TPSA) is 82.5 Å². The number of aryl methyl sites for hydroxylation is 1. The van der Waals surface area contributed by atoms with Crippen molar-refractivity contribution in [3.8, 4) is 11.3 Å². The second-order valence-electron chi connectivity index (χ2n) is 9.18. The number of carbonyl (C=O) groups is 2. The number of nitrogens with zero attached hydrogens (tertiary/aromatic N) is 2. The van der Waals surface area contributed by atoms with Gasteiger partial charge in [-0.3, -0.25) is 10.1 Å². The van der Waals surface area contributed by atoms with Crippen LogP contribution in [0.5, 0.6) is 0 Å². The Morgan fingerprint density at radius 1 is 0.946 bits per heavy atom. The van der Waals surface area contributed by atoms with Crippen molar-refractivity contribution in [1.29, 1.82) is 0 Å². The Kier molecular flexibility index (Phi) is 8.69. The van der Waals surface area contributed by atoms with Crippen molar-refractivity contribution >= 4 is 28.5 Å². The molecule has 0 saturated heterocycles. The zero-order valence-electron chi connectivity index (χ0n) is 21.0. The number of hydrogen-bond donors (Lipinski definition) is 2. The van der Waals surface area contributed by atoms with Crippen molar-refractivity contribution < 1.29 is 14.7 Å². The Bertz CT molecular complexity index is 1310. The van der Waals surface area contributed by atoms with Crippen molar-refractivity contribution in [3.63, 3.8) is 0 Å². The summed E-state index contributed by atoms with van der Waals surface area (Å²) in [5.41, 5.74) is 5.26. The monoisotopic (exact) mass is 513 g/mol. The van der Waals surface area contributed by atoms with Crippen molar-refractivity contribution in [2.75, 3.05) is 18.4 Å². The molecule has 6 nitrogen and oxygen atoms in total. The van der Waals surface area contributed by atoms with Gasteiger partial charge in [0.25, 0.3) is 0 Å². The molecule has 37 heavy (non-hydrogen) atoms. The fourth-order valence-corrected chi connectivity index (χ4v) is 4.93. The van der Waals surface area contributed by atoms with Crippen LogP contribution in [0.4, 0.5) is 9.93 Å². The number of thiazole rings is 1. The molecular formula is C30H31N3O3S. The first kappa shape index (κ1) is 26.1. The third kappa shape index (κ3) is 7.05. The predicted molar refractivity (Wildman–Crippen MR) is 149 cm³/mol. The van der Waals surface area contributed by atoms with Crippen LogP contribution in [0.25, 0.3) is 11.3 Å². The SMILES string of the molecule is Cc1ccc(C(CCN(CC(C)C(=O)O)C(=O)Nc2nc(-c3ccccc3)cs2)c2ccccc2)cc1. The minimum absolute atomic E-state index is 0.0711. The highest BCUT2D eigenvalue weighted by Crippen LogP contribution is 2.29. The van der Waals surface area contributed by atoms with Gasteiger partial charge in [-0.05, 0) is 24.5 Å². The lowest BCUT2D eigenvalue weighted by Crippen LogP contribution is -2.40. The number of amides is 2. The molecule has 3 aromatic carbocycles. The first-order valence-corrected chi connectivity index (χ1v) is 13.2. The van der Waals surface area contributed by atoms with Crippen LogP contribution >= 0.6 is 11.3 Å². The number of hydrogen-bond acceptors (Lipinski definition) is 4. The number of nitrogens with one attached hydrogen (secondary N) is 1. The number of carboxylic acid groups (broad SMARTS) is 1. The van der Waals surface area contributed by atoms with Crippen LogP contribution < -0.4 is 5.32 Å². The van der Waals surface area contributed by atoms with Crippen molar-refractivity contribution in [2.24, 2.45) is 5.92 Å². The van der Waals surface area contributed by atoms with Gasteiger partial charge in [-0.25, -0.2) is 9.78 Å². The molecule has 0 bridgehead atoms. The van der Waals surface area contributed by atoms with E-state index in [0.717, 1.165) is 22.4 Å².